The number of hydrazone groups is 1. The van der Waals surface area contributed by atoms with Gasteiger partial charge in [0.05, 0.1) is 11.7 Å². The van der Waals surface area contributed by atoms with Crippen LogP contribution in [-0.2, 0) is 4.74 Å². The molecule has 4 aliphatic rings. The van der Waals surface area contributed by atoms with Crippen molar-refractivity contribution < 1.29 is 9.84 Å². The molecule has 4 aliphatic carbocycles. The maximum Gasteiger partial charge on any atom is 0.216 e. The zero-order valence-electron chi connectivity index (χ0n) is 20.9. The molecular weight excluding hydrogens is 430 g/mol. The van der Waals surface area contributed by atoms with Crippen LogP contribution in [0.15, 0.2) is 5.10 Å². The lowest BCUT2D eigenvalue weighted by atomic mass is 9.43. The topological polar surface area (TPSA) is 171 Å². The van der Waals surface area contributed by atoms with Crippen molar-refractivity contribution in [1.82, 2.24) is 5.01 Å². The largest absolute Gasteiger partial charge is 0.389 e. The lowest BCUT2D eigenvalue weighted by molar-refractivity contribution is -0.207. The Kier molecular flexibility index (Phi) is 7.01. The number of nitrogens with zero attached hydrogens (tertiary/aromatic N) is 2. The molecule has 0 heterocycles. The van der Waals surface area contributed by atoms with Crippen molar-refractivity contribution in [3.05, 3.63) is 0 Å². The molecule has 192 valence electrons. The van der Waals surface area contributed by atoms with Crippen LogP contribution in [-0.4, -0.2) is 53.1 Å². The van der Waals surface area contributed by atoms with Gasteiger partial charge in [0.15, 0.2) is 0 Å². The normalized spacial score (nSPS) is 43.7. The Morgan fingerprint density at radius 2 is 1.79 bits per heavy atom. The summed E-state index contributed by atoms with van der Waals surface area (Å²) >= 11 is 0. The first-order valence-electron chi connectivity index (χ1n) is 13.1. The number of hydrogen-bond acceptors (Lipinski definition) is 6. The fraction of sp³-hybridized carbons (Fsp3) is 0.880. The third-order valence-electron chi connectivity index (χ3n) is 10.4. The zero-order chi connectivity index (χ0) is 24.7. The van der Waals surface area contributed by atoms with Crippen LogP contribution in [0.2, 0.25) is 0 Å². The molecule has 4 saturated carbocycles. The highest BCUT2D eigenvalue weighted by molar-refractivity contribution is 5.94. The fourth-order valence-corrected chi connectivity index (χ4v) is 8.35. The van der Waals surface area contributed by atoms with Crippen molar-refractivity contribution in [3.8, 4) is 0 Å². The van der Waals surface area contributed by atoms with Gasteiger partial charge in [0.25, 0.3) is 0 Å². The number of ether oxygens (including phenoxy) is 1. The average Bonchev–Trinajstić information content (AvgIpc) is 3.04. The number of hydrogen-bond donors (Lipinski definition) is 6. The summed E-state index contributed by atoms with van der Waals surface area (Å²) in [4.78, 5) is 0. The molecule has 9 nitrogen and oxygen atoms in total. The van der Waals surface area contributed by atoms with E-state index in [1.165, 1.54) is 6.42 Å². The molecule has 4 fully saturated rings. The first-order chi connectivity index (χ1) is 16.1. The zero-order valence-corrected chi connectivity index (χ0v) is 20.9. The van der Waals surface area contributed by atoms with E-state index in [-0.39, 0.29) is 28.7 Å². The number of nitrogens with two attached hydrogens (primary N) is 3. The van der Waals surface area contributed by atoms with Crippen molar-refractivity contribution in [2.75, 3.05) is 13.2 Å². The quantitative estimate of drug-likeness (QED) is 0.149. The van der Waals surface area contributed by atoms with E-state index >= 15 is 0 Å². The molecule has 0 radical (unpaired) electrons. The Labute approximate surface area is 203 Å². The Morgan fingerprint density at radius 3 is 2.47 bits per heavy atom. The Morgan fingerprint density at radius 1 is 1.06 bits per heavy atom. The SMILES string of the molecule is C[C@]12CCC(OCCCN)CC1CC[C@@H]1[C@H]2CC[C@]2(C)C(/C=N/N(C(=N)N)C(=N)N)CC[C@@]12O. The highest BCUT2D eigenvalue weighted by atomic mass is 16.5. The molecule has 0 saturated heterocycles. The van der Waals surface area contributed by atoms with Crippen molar-refractivity contribution in [2.24, 2.45) is 56.8 Å². The van der Waals surface area contributed by atoms with Crippen LogP contribution in [0.1, 0.15) is 78.1 Å². The van der Waals surface area contributed by atoms with Crippen LogP contribution in [0.4, 0.5) is 0 Å². The van der Waals surface area contributed by atoms with Gasteiger partial charge in [-0.05, 0) is 93.9 Å². The monoisotopic (exact) mass is 475 g/mol. The molecule has 0 spiro atoms. The molecule has 0 aliphatic heterocycles. The summed E-state index contributed by atoms with van der Waals surface area (Å²) in [6.45, 7) is 6.15. The Bertz CT molecular complexity index is 807. The molecule has 3 unspecified atom stereocenters. The van der Waals surface area contributed by atoms with Gasteiger partial charge in [-0.15, -0.1) is 0 Å². The first kappa shape index (κ1) is 25.4. The molecule has 9 heteroatoms. The third kappa shape index (κ3) is 4.03. The first-order valence-corrected chi connectivity index (χ1v) is 13.1. The summed E-state index contributed by atoms with van der Waals surface area (Å²) in [5, 5.41) is 32.7. The van der Waals surface area contributed by atoms with Gasteiger partial charge in [-0.3, -0.25) is 10.8 Å². The number of nitrogens with one attached hydrogen (secondary N) is 2. The number of rotatable bonds is 6. The van der Waals surface area contributed by atoms with Crippen LogP contribution in [0.5, 0.6) is 0 Å². The summed E-state index contributed by atoms with van der Waals surface area (Å²) in [5.74, 6) is 0.821. The molecule has 0 amide bonds. The highest BCUT2D eigenvalue weighted by Gasteiger charge is 2.67. The van der Waals surface area contributed by atoms with Gasteiger partial charge in [-0.25, -0.2) is 0 Å². The van der Waals surface area contributed by atoms with E-state index in [0.717, 1.165) is 69.4 Å². The molecule has 0 aromatic carbocycles. The van der Waals surface area contributed by atoms with Gasteiger partial charge >= 0.3 is 0 Å². The van der Waals surface area contributed by atoms with Crippen molar-refractivity contribution in [3.63, 3.8) is 0 Å². The second-order valence-corrected chi connectivity index (χ2v) is 11.8. The second-order valence-electron chi connectivity index (χ2n) is 11.8. The highest BCUT2D eigenvalue weighted by Crippen LogP contribution is 2.68. The van der Waals surface area contributed by atoms with Crippen molar-refractivity contribution in [2.45, 2.75) is 89.8 Å². The predicted octanol–water partition coefficient (Wildman–Crippen LogP) is 2.57. The Hall–Kier alpha value is -1.71. The van der Waals surface area contributed by atoms with Gasteiger partial charge in [0, 0.05) is 24.2 Å². The van der Waals surface area contributed by atoms with E-state index in [4.69, 9.17) is 32.8 Å². The fourth-order valence-electron chi connectivity index (χ4n) is 8.35. The molecule has 0 bridgehead atoms. The van der Waals surface area contributed by atoms with E-state index in [2.05, 4.69) is 18.9 Å². The maximum absolute atomic E-state index is 12.3. The summed E-state index contributed by atoms with van der Waals surface area (Å²) in [5.41, 5.74) is 16.0. The number of guanidine groups is 2. The summed E-state index contributed by atoms with van der Waals surface area (Å²) < 4.78 is 6.16. The lowest BCUT2D eigenvalue weighted by Gasteiger charge is -2.63. The van der Waals surface area contributed by atoms with Gasteiger partial charge in [0.2, 0.25) is 11.9 Å². The van der Waals surface area contributed by atoms with Crippen LogP contribution in [0.3, 0.4) is 0 Å². The van der Waals surface area contributed by atoms with Gasteiger partial charge in [-0.2, -0.15) is 10.1 Å². The van der Waals surface area contributed by atoms with Gasteiger partial charge < -0.3 is 27.0 Å². The molecule has 4 rings (SSSR count). The van der Waals surface area contributed by atoms with Crippen molar-refractivity contribution in [1.29, 1.82) is 10.8 Å². The smallest absolute Gasteiger partial charge is 0.216 e. The van der Waals surface area contributed by atoms with Crippen LogP contribution < -0.4 is 17.2 Å². The van der Waals surface area contributed by atoms with E-state index in [9.17, 15) is 5.11 Å². The third-order valence-corrected chi connectivity index (χ3v) is 10.4. The van der Waals surface area contributed by atoms with E-state index in [1.54, 1.807) is 6.21 Å². The minimum absolute atomic E-state index is 0.0665. The minimum Gasteiger partial charge on any atom is -0.389 e. The minimum atomic E-state index is -0.716. The van der Waals surface area contributed by atoms with E-state index in [0.29, 0.717) is 30.4 Å². The molecular formula is C25H45N7O2. The average molecular weight is 476 g/mol. The molecule has 9 N–H and O–H groups in total. The van der Waals surface area contributed by atoms with E-state index < -0.39 is 5.60 Å². The van der Waals surface area contributed by atoms with Gasteiger partial charge in [0.1, 0.15) is 0 Å². The maximum atomic E-state index is 12.3. The summed E-state index contributed by atoms with van der Waals surface area (Å²) in [6.07, 6.45) is 12.4. The van der Waals surface area contributed by atoms with Crippen molar-refractivity contribution >= 4 is 18.1 Å². The number of fused-ring (bicyclic) bond motifs is 5. The number of aliphatic hydroxyl groups is 1. The van der Waals surface area contributed by atoms with Crippen LogP contribution in [0.25, 0.3) is 0 Å². The van der Waals surface area contributed by atoms with E-state index in [1.807, 2.05) is 0 Å². The van der Waals surface area contributed by atoms with Crippen LogP contribution >= 0.6 is 0 Å². The van der Waals surface area contributed by atoms with Crippen LogP contribution in [0, 0.1) is 45.3 Å². The predicted molar refractivity (Wildman–Crippen MR) is 134 cm³/mol. The molecule has 8 atom stereocenters. The molecule has 0 aromatic heterocycles. The van der Waals surface area contributed by atoms with Gasteiger partial charge in [-0.1, -0.05) is 13.8 Å². The Balaban J connectivity index is 1.50. The molecule has 34 heavy (non-hydrogen) atoms. The second kappa shape index (κ2) is 9.39. The summed E-state index contributed by atoms with van der Waals surface area (Å²) in [7, 11) is 0. The molecule has 0 aromatic rings. The lowest BCUT2D eigenvalue weighted by Crippen LogP contribution is -2.62. The summed E-state index contributed by atoms with van der Waals surface area (Å²) in [6, 6.07) is 0. The standard InChI is InChI=1S/C25H45N7O2/c1-23-9-7-18(34-13-3-12-26)14-16(23)4-5-20-19(23)8-10-24(2)17(6-11-25(20,24)33)15-31-32(21(27)28)22(29)30/h15-20,33H,3-14,26H2,1-2H3,(H3,27,28)(H3,29,30)/b31-15+/t16?,17?,18?,19-,20-,23+,24-,25-/m1/s1.